The van der Waals surface area contributed by atoms with E-state index in [1.54, 1.807) is 48.7 Å². The Balaban J connectivity index is 1.40. The first-order valence-electron chi connectivity index (χ1n) is 12.7. The number of benzene rings is 2. The highest BCUT2D eigenvalue weighted by atomic mass is 32.1. The number of anilines is 2. The molecule has 1 saturated heterocycles. The zero-order valence-electron chi connectivity index (χ0n) is 22.0. The number of carbonyl (C=O) groups excluding carboxylic acids is 3. The molecule has 4 aromatic rings. The van der Waals surface area contributed by atoms with Crippen LogP contribution in [0.4, 0.5) is 15.8 Å². The fraction of sp³-hybridized carbons (Fsp3) is 0.241. The summed E-state index contributed by atoms with van der Waals surface area (Å²) in [4.78, 5) is 47.5. The van der Waals surface area contributed by atoms with E-state index < -0.39 is 24.1 Å². The highest BCUT2D eigenvalue weighted by Crippen LogP contribution is 2.38. The SMILES string of the molecule is CN(C)[C@@H]1CCN(C(=O)c2cc3nccc(Oc4ccc(N(C(=O)CC(N)=O)c5ccccc5)cc4F)c3s2)C1. The number of aromatic nitrogens is 1. The molecule has 2 aromatic heterocycles. The number of fused-ring (bicyclic) bond motifs is 1. The number of likely N-dealkylation sites (tertiary alicyclic amines) is 1. The smallest absolute Gasteiger partial charge is 0.264 e. The number of carbonyl (C=O) groups is 3. The number of hydrogen-bond acceptors (Lipinski definition) is 7. The van der Waals surface area contributed by atoms with Gasteiger partial charge in [-0.1, -0.05) is 18.2 Å². The summed E-state index contributed by atoms with van der Waals surface area (Å²) in [6.45, 7) is 1.35. The summed E-state index contributed by atoms with van der Waals surface area (Å²) in [5.41, 5.74) is 6.50. The topological polar surface area (TPSA) is 109 Å². The van der Waals surface area contributed by atoms with Crippen LogP contribution < -0.4 is 15.4 Å². The summed E-state index contributed by atoms with van der Waals surface area (Å²) < 4.78 is 21.9. The Kier molecular flexibility index (Phi) is 7.76. The van der Waals surface area contributed by atoms with Crippen molar-refractivity contribution in [3.05, 3.63) is 77.6 Å². The zero-order chi connectivity index (χ0) is 28.4. The summed E-state index contributed by atoms with van der Waals surface area (Å²) in [6.07, 6.45) is 1.93. The van der Waals surface area contributed by atoms with E-state index in [2.05, 4.69) is 9.88 Å². The normalized spacial score (nSPS) is 15.0. The van der Waals surface area contributed by atoms with E-state index in [4.69, 9.17) is 10.5 Å². The number of nitrogens with two attached hydrogens (primary N) is 1. The third-order valence-corrected chi connectivity index (χ3v) is 7.88. The molecule has 0 aliphatic carbocycles. The summed E-state index contributed by atoms with van der Waals surface area (Å²) >= 11 is 1.26. The van der Waals surface area contributed by atoms with Crippen molar-refractivity contribution in [3.63, 3.8) is 0 Å². The molecular weight excluding hydrogens is 533 g/mol. The summed E-state index contributed by atoms with van der Waals surface area (Å²) in [5, 5.41) is 0. The van der Waals surface area contributed by atoms with Crippen LogP contribution in [-0.4, -0.2) is 65.7 Å². The maximum Gasteiger partial charge on any atom is 0.264 e. The number of thiophene rings is 1. The zero-order valence-corrected chi connectivity index (χ0v) is 22.9. The van der Waals surface area contributed by atoms with Gasteiger partial charge in [-0.2, -0.15) is 0 Å². The molecule has 3 amide bonds. The van der Waals surface area contributed by atoms with E-state index in [1.807, 2.05) is 19.0 Å². The molecule has 0 bridgehead atoms. The molecule has 1 aliphatic rings. The van der Waals surface area contributed by atoms with Gasteiger partial charge in [0.1, 0.15) is 12.2 Å². The molecule has 1 aliphatic heterocycles. The van der Waals surface area contributed by atoms with Gasteiger partial charge in [0, 0.05) is 43.1 Å². The third kappa shape index (κ3) is 5.65. The van der Waals surface area contributed by atoms with Crippen molar-refractivity contribution in [2.75, 3.05) is 32.1 Å². The first-order valence-corrected chi connectivity index (χ1v) is 13.5. The largest absolute Gasteiger partial charge is 0.453 e. The molecular formula is C29H28FN5O4S. The summed E-state index contributed by atoms with van der Waals surface area (Å²) in [6, 6.07) is 16.4. The Morgan fingerprint density at radius 2 is 1.85 bits per heavy atom. The Morgan fingerprint density at radius 3 is 2.52 bits per heavy atom. The number of nitrogens with zero attached hydrogens (tertiary/aromatic N) is 4. The molecule has 40 heavy (non-hydrogen) atoms. The molecule has 11 heteroatoms. The van der Waals surface area contributed by atoms with Crippen molar-refractivity contribution in [1.82, 2.24) is 14.8 Å². The van der Waals surface area contributed by atoms with Crippen LogP contribution in [-0.2, 0) is 9.59 Å². The standard InChI is InChI=1S/C29H28FN5O4S/c1-33(2)20-11-13-34(17-20)29(38)25-15-22-28(40-25)24(10-12-32-22)39-23-9-8-19(14-21(23)30)35(27(37)16-26(31)36)18-6-4-3-5-7-18/h3-10,12,14-15,20H,11,13,16-17H2,1-2H3,(H2,31,36)/t20-/m1/s1. The van der Waals surface area contributed by atoms with Gasteiger partial charge in [-0.3, -0.25) is 24.3 Å². The lowest BCUT2D eigenvalue weighted by Gasteiger charge is -2.23. The highest BCUT2D eigenvalue weighted by molar-refractivity contribution is 7.21. The quantitative estimate of drug-likeness (QED) is 0.316. The summed E-state index contributed by atoms with van der Waals surface area (Å²) in [5.74, 6) is -1.86. The van der Waals surface area contributed by atoms with Crippen molar-refractivity contribution in [2.24, 2.45) is 5.73 Å². The van der Waals surface area contributed by atoms with Crippen molar-refractivity contribution in [2.45, 2.75) is 18.9 Å². The van der Waals surface area contributed by atoms with Crippen molar-refractivity contribution in [1.29, 1.82) is 0 Å². The molecule has 5 rings (SSSR count). The molecule has 1 atom stereocenters. The maximum atomic E-state index is 15.3. The Morgan fingerprint density at radius 1 is 1.07 bits per heavy atom. The van der Waals surface area contributed by atoms with Crippen LogP contribution >= 0.6 is 11.3 Å². The van der Waals surface area contributed by atoms with Gasteiger partial charge < -0.3 is 20.3 Å². The van der Waals surface area contributed by atoms with Crippen molar-refractivity contribution >= 4 is 50.6 Å². The van der Waals surface area contributed by atoms with E-state index in [-0.39, 0.29) is 17.3 Å². The van der Waals surface area contributed by atoms with Gasteiger partial charge in [0.2, 0.25) is 11.8 Å². The van der Waals surface area contributed by atoms with Crippen LogP contribution in [0.25, 0.3) is 10.2 Å². The minimum atomic E-state index is -0.788. The second-order valence-corrected chi connectivity index (χ2v) is 10.8. The van der Waals surface area contributed by atoms with E-state index in [0.717, 1.165) is 12.5 Å². The predicted molar refractivity (Wildman–Crippen MR) is 151 cm³/mol. The minimum absolute atomic E-state index is 0.0598. The van der Waals surface area contributed by atoms with E-state index in [1.165, 1.54) is 28.4 Å². The lowest BCUT2D eigenvalue weighted by molar-refractivity contribution is -0.125. The van der Waals surface area contributed by atoms with Gasteiger partial charge in [0.05, 0.1) is 20.8 Å². The van der Waals surface area contributed by atoms with Crippen LogP contribution in [0.2, 0.25) is 0 Å². The van der Waals surface area contributed by atoms with Gasteiger partial charge in [-0.15, -0.1) is 11.3 Å². The molecule has 206 valence electrons. The monoisotopic (exact) mass is 561 g/mol. The van der Waals surface area contributed by atoms with Gasteiger partial charge in [-0.05, 0) is 50.8 Å². The molecule has 2 N–H and O–H groups in total. The van der Waals surface area contributed by atoms with E-state index in [0.29, 0.717) is 45.7 Å². The van der Waals surface area contributed by atoms with Crippen molar-refractivity contribution < 1.29 is 23.5 Å². The lowest BCUT2D eigenvalue weighted by Crippen LogP contribution is -2.34. The van der Waals surface area contributed by atoms with E-state index >= 15 is 4.39 Å². The molecule has 0 spiro atoms. The van der Waals surface area contributed by atoms with Crippen LogP contribution in [0.15, 0.2) is 66.9 Å². The fourth-order valence-corrected chi connectivity index (χ4v) is 5.71. The fourth-order valence-electron chi connectivity index (χ4n) is 4.68. The lowest BCUT2D eigenvalue weighted by atomic mass is 10.2. The Hall–Kier alpha value is -4.35. The number of ether oxygens (including phenoxy) is 1. The van der Waals surface area contributed by atoms with Crippen LogP contribution in [0.3, 0.4) is 0 Å². The van der Waals surface area contributed by atoms with E-state index in [9.17, 15) is 14.4 Å². The number of likely N-dealkylation sites (N-methyl/N-ethyl adjacent to an activating group) is 1. The minimum Gasteiger partial charge on any atom is -0.453 e. The van der Waals surface area contributed by atoms with Crippen LogP contribution in [0.5, 0.6) is 11.5 Å². The first kappa shape index (κ1) is 27.2. The van der Waals surface area contributed by atoms with Crippen LogP contribution in [0, 0.1) is 5.82 Å². The Bertz CT molecular complexity index is 1580. The number of hydrogen-bond donors (Lipinski definition) is 1. The second-order valence-electron chi connectivity index (χ2n) is 9.72. The summed E-state index contributed by atoms with van der Waals surface area (Å²) in [7, 11) is 4.02. The van der Waals surface area contributed by atoms with Gasteiger partial charge in [0.25, 0.3) is 5.91 Å². The Labute approximate surface area is 234 Å². The first-order chi connectivity index (χ1) is 19.2. The second kappa shape index (κ2) is 11.4. The predicted octanol–water partition coefficient (Wildman–Crippen LogP) is 4.54. The third-order valence-electron chi connectivity index (χ3n) is 6.75. The number of para-hydroxylation sites is 1. The molecule has 0 saturated carbocycles. The van der Waals surface area contributed by atoms with Gasteiger partial charge in [-0.25, -0.2) is 4.39 Å². The number of primary amides is 1. The average Bonchev–Trinajstić information content (AvgIpc) is 3.59. The molecule has 9 nitrogen and oxygen atoms in total. The highest BCUT2D eigenvalue weighted by Gasteiger charge is 2.29. The average molecular weight is 562 g/mol. The molecule has 1 fully saturated rings. The van der Waals surface area contributed by atoms with Crippen LogP contribution in [0.1, 0.15) is 22.5 Å². The molecule has 0 radical (unpaired) electrons. The number of halogens is 1. The number of rotatable bonds is 8. The van der Waals surface area contributed by atoms with Gasteiger partial charge >= 0.3 is 0 Å². The maximum absolute atomic E-state index is 15.3. The molecule has 0 unspecified atom stereocenters. The molecule has 2 aromatic carbocycles. The number of amides is 3. The van der Waals surface area contributed by atoms with Crippen molar-refractivity contribution in [3.8, 4) is 11.5 Å². The number of pyridine rings is 1. The van der Waals surface area contributed by atoms with Gasteiger partial charge in [0.15, 0.2) is 11.6 Å². The molecule has 3 heterocycles.